The lowest BCUT2D eigenvalue weighted by Gasteiger charge is -2.26. The molecule has 0 radical (unpaired) electrons. The summed E-state index contributed by atoms with van der Waals surface area (Å²) in [6.45, 7) is 4.74. The number of nitrogens with one attached hydrogen (secondary N) is 2. The van der Waals surface area contributed by atoms with Crippen molar-refractivity contribution in [3.8, 4) is 0 Å². The summed E-state index contributed by atoms with van der Waals surface area (Å²) in [5.74, 6) is 0. The van der Waals surface area contributed by atoms with Crippen LogP contribution in [0.4, 0.5) is 4.79 Å². The van der Waals surface area contributed by atoms with E-state index in [1.165, 1.54) is 0 Å². The quantitative estimate of drug-likeness (QED) is 0.823. The van der Waals surface area contributed by atoms with Gasteiger partial charge in [0.05, 0.1) is 31.1 Å². The SMILES string of the molecule is CNC(=O)NCc1cccc(CN2CCOCC2)n1. The number of ether oxygens (including phenoxy) is 1. The molecule has 0 saturated carbocycles. The summed E-state index contributed by atoms with van der Waals surface area (Å²) in [4.78, 5) is 18.0. The van der Waals surface area contributed by atoms with Gasteiger partial charge in [0.1, 0.15) is 0 Å². The summed E-state index contributed by atoms with van der Waals surface area (Å²) in [6, 6.07) is 5.71. The molecule has 104 valence electrons. The van der Waals surface area contributed by atoms with Gasteiger partial charge in [-0.15, -0.1) is 0 Å². The lowest BCUT2D eigenvalue weighted by molar-refractivity contribution is 0.0336. The number of morpholine rings is 1. The van der Waals surface area contributed by atoms with E-state index >= 15 is 0 Å². The second kappa shape index (κ2) is 7.06. The fourth-order valence-electron chi connectivity index (χ4n) is 1.96. The van der Waals surface area contributed by atoms with Crippen LogP contribution in [-0.4, -0.2) is 49.3 Å². The van der Waals surface area contributed by atoms with Gasteiger partial charge in [0, 0.05) is 26.7 Å². The number of hydrogen-bond acceptors (Lipinski definition) is 4. The first-order valence-corrected chi connectivity index (χ1v) is 6.48. The zero-order valence-electron chi connectivity index (χ0n) is 11.2. The molecule has 1 aromatic rings. The van der Waals surface area contributed by atoms with Crippen LogP contribution in [0.15, 0.2) is 18.2 Å². The molecular weight excluding hydrogens is 244 g/mol. The lowest BCUT2D eigenvalue weighted by atomic mass is 10.2. The maximum Gasteiger partial charge on any atom is 0.314 e. The van der Waals surface area contributed by atoms with Crippen LogP contribution in [0.3, 0.4) is 0 Å². The summed E-state index contributed by atoms with van der Waals surface area (Å²) in [5.41, 5.74) is 1.90. The van der Waals surface area contributed by atoms with Crippen molar-refractivity contribution in [1.82, 2.24) is 20.5 Å². The molecule has 2 rings (SSSR count). The topological polar surface area (TPSA) is 66.5 Å². The number of amides is 2. The summed E-state index contributed by atoms with van der Waals surface area (Å²) in [6.07, 6.45) is 0. The highest BCUT2D eigenvalue weighted by Crippen LogP contribution is 2.06. The molecule has 0 aliphatic carbocycles. The molecule has 0 spiro atoms. The lowest BCUT2D eigenvalue weighted by Crippen LogP contribution is -2.36. The maximum absolute atomic E-state index is 11.1. The number of pyridine rings is 1. The molecule has 6 heteroatoms. The van der Waals surface area contributed by atoms with Gasteiger partial charge in [-0.2, -0.15) is 0 Å². The molecule has 1 saturated heterocycles. The molecule has 2 N–H and O–H groups in total. The van der Waals surface area contributed by atoms with Gasteiger partial charge < -0.3 is 15.4 Å². The van der Waals surface area contributed by atoms with Crippen LogP contribution < -0.4 is 10.6 Å². The molecule has 0 bridgehead atoms. The number of rotatable bonds is 4. The van der Waals surface area contributed by atoms with E-state index in [0.717, 1.165) is 44.2 Å². The van der Waals surface area contributed by atoms with Crippen LogP contribution in [0.1, 0.15) is 11.4 Å². The predicted molar refractivity (Wildman–Crippen MR) is 71.6 cm³/mol. The molecule has 1 aromatic heterocycles. The smallest absolute Gasteiger partial charge is 0.314 e. The molecule has 1 aliphatic rings. The maximum atomic E-state index is 11.1. The number of hydrogen-bond donors (Lipinski definition) is 2. The van der Waals surface area contributed by atoms with Gasteiger partial charge in [-0.05, 0) is 12.1 Å². The van der Waals surface area contributed by atoms with E-state index in [0.29, 0.717) is 6.54 Å². The minimum atomic E-state index is -0.194. The van der Waals surface area contributed by atoms with Gasteiger partial charge in [-0.25, -0.2) is 4.79 Å². The van der Waals surface area contributed by atoms with Gasteiger partial charge in [0.2, 0.25) is 0 Å². The zero-order valence-corrected chi connectivity index (χ0v) is 11.2. The number of aromatic nitrogens is 1. The van der Waals surface area contributed by atoms with Crippen molar-refractivity contribution in [3.05, 3.63) is 29.6 Å². The zero-order chi connectivity index (χ0) is 13.5. The second-order valence-corrected chi connectivity index (χ2v) is 4.44. The monoisotopic (exact) mass is 264 g/mol. The van der Waals surface area contributed by atoms with E-state index in [9.17, 15) is 4.79 Å². The van der Waals surface area contributed by atoms with Crippen molar-refractivity contribution >= 4 is 6.03 Å². The molecule has 0 unspecified atom stereocenters. The standard InChI is InChI=1S/C13H20N4O2/c1-14-13(18)15-9-11-3-2-4-12(16-11)10-17-5-7-19-8-6-17/h2-4H,5-10H2,1H3,(H2,14,15,18). The Balaban J connectivity index is 1.88. The van der Waals surface area contributed by atoms with Crippen molar-refractivity contribution in [3.63, 3.8) is 0 Å². The Morgan fingerprint density at radius 1 is 1.37 bits per heavy atom. The van der Waals surface area contributed by atoms with Gasteiger partial charge >= 0.3 is 6.03 Å². The van der Waals surface area contributed by atoms with E-state index in [1.54, 1.807) is 7.05 Å². The van der Waals surface area contributed by atoms with Crippen molar-refractivity contribution < 1.29 is 9.53 Å². The first-order valence-electron chi connectivity index (χ1n) is 6.48. The molecule has 1 fully saturated rings. The summed E-state index contributed by atoms with van der Waals surface area (Å²) >= 11 is 0. The minimum absolute atomic E-state index is 0.194. The highest BCUT2D eigenvalue weighted by atomic mass is 16.5. The fraction of sp³-hybridized carbons (Fsp3) is 0.538. The van der Waals surface area contributed by atoms with Crippen molar-refractivity contribution in [2.75, 3.05) is 33.4 Å². The van der Waals surface area contributed by atoms with Crippen LogP contribution >= 0.6 is 0 Å². The average Bonchev–Trinajstić information content (AvgIpc) is 2.46. The Bertz CT molecular complexity index is 419. The molecule has 2 amide bonds. The summed E-state index contributed by atoms with van der Waals surface area (Å²) in [7, 11) is 1.59. The van der Waals surface area contributed by atoms with Crippen molar-refractivity contribution in [2.24, 2.45) is 0 Å². The molecule has 6 nitrogen and oxygen atoms in total. The van der Waals surface area contributed by atoms with Crippen molar-refractivity contribution in [2.45, 2.75) is 13.1 Å². The van der Waals surface area contributed by atoms with E-state index in [2.05, 4.69) is 20.5 Å². The van der Waals surface area contributed by atoms with E-state index in [-0.39, 0.29) is 6.03 Å². The Kier molecular flexibility index (Phi) is 5.11. The van der Waals surface area contributed by atoms with Crippen LogP contribution in [0, 0.1) is 0 Å². The van der Waals surface area contributed by atoms with E-state index < -0.39 is 0 Å². The normalized spacial score (nSPS) is 16.1. The van der Waals surface area contributed by atoms with Crippen LogP contribution in [0.25, 0.3) is 0 Å². The Morgan fingerprint density at radius 3 is 2.84 bits per heavy atom. The largest absolute Gasteiger partial charge is 0.379 e. The number of carbonyl (C=O) groups excluding carboxylic acids is 1. The number of nitrogens with zero attached hydrogens (tertiary/aromatic N) is 2. The number of carbonyl (C=O) groups is 1. The van der Waals surface area contributed by atoms with Crippen LogP contribution in [0.5, 0.6) is 0 Å². The third kappa shape index (κ3) is 4.50. The van der Waals surface area contributed by atoms with Crippen LogP contribution in [0.2, 0.25) is 0 Å². The molecular formula is C13H20N4O2. The third-order valence-corrected chi connectivity index (χ3v) is 3.01. The highest BCUT2D eigenvalue weighted by Gasteiger charge is 2.11. The molecule has 2 heterocycles. The van der Waals surface area contributed by atoms with Gasteiger partial charge in [0.15, 0.2) is 0 Å². The Hall–Kier alpha value is -1.66. The Morgan fingerprint density at radius 2 is 2.11 bits per heavy atom. The second-order valence-electron chi connectivity index (χ2n) is 4.44. The van der Waals surface area contributed by atoms with Gasteiger partial charge in [-0.3, -0.25) is 9.88 Å². The number of urea groups is 1. The third-order valence-electron chi connectivity index (χ3n) is 3.01. The highest BCUT2D eigenvalue weighted by molar-refractivity contribution is 5.73. The Labute approximate surface area is 113 Å². The first kappa shape index (κ1) is 13.8. The molecule has 1 aliphatic heterocycles. The molecule has 19 heavy (non-hydrogen) atoms. The fourth-order valence-corrected chi connectivity index (χ4v) is 1.96. The van der Waals surface area contributed by atoms with Gasteiger partial charge in [-0.1, -0.05) is 6.07 Å². The predicted octanol–water partition coefficient (Wildman–Crippen LogP) is 0.343. The summed E-state index contributed by atoms with van der Waals surface area (Å²) in [5, 5.41) is 5.25. The molecule has 0 aromatic carbocycles. The average molecular weight is 264 g/mol. The summed E-state index contributed by atoms with van der Waals surface area (Å²) < 4.78 is 5.32. The van der Waals surface area contributed by atoms with Gasteiger partial charge in [0.25, 0.3) is 0 Å². The minimum Gasteiger partial charge on any atom is -0.379 e. The first-order chi connectivity index (χ1) is 9.28. The van der Waals surface area contributed by atoms with E-state index in [4.69, 9.17) is 4.74 Å². The van der Waals surface area contributed by atoms with Crippen LogP contribution in [-0.2, 0) is 17.8 Å². The molecule has 0 atom stereocenters. The van der Waals surface area contributed by atoms with Crippen molar-refractivity contribution in [1.29, 1.82) is 0 Å². The van der Waals surface area contributed by atoms with E-state index in [1.807, 2.05) is 18.2 Å².